The summed E-state index contributed by atoms with van der Waals surface area (Å²) in [4.78, 5) is 19.8. The van der Waals surface area contributed by atoms with Crippen LogP contribution in [0.1, 0.15) is 17.2 Å². The van der Waals surface area contributed by atoms with E-state index in [1.165, 1.54) is 17.3 Å². The molecule has 5 rings (SSSR count). The van der Waals surface area contributed by atoms with Gasteiger partial charge in [-0.15, -0.1) is 5.10 Å². The number of fused-ring (bicyclic) bond motifs is 1. The molecule has 0 unspecified atom stereocenters. The van der Waals surface area contributed by atoms with Gasteiger partial charge < -0.3 is 4.74 Å². The number of hydrogen-bond donors (Lipinski definition) is 1. The molecule has 2 heterocycles. The fourth-order valence-corrected chi connectivity index (χ4v) is 4.42. The first-order valence-electron chi connectivity index (χ1n) is 10.4. The lowest BCUT2D eigenvalue weighted by molar-refractivity contribution is -0.117. The molecular weight excluding hydrogens is 420 g/mol. The van der Waals surface area contributed by atoms with Gasteiger partial charge >= 0.3 is 0 Å². The topological polar surface area (TPSA) is 71.1 Å². The summed E-state index contributed by atoms with van der Waals surface area (Å²) in [6, 6.07) is 25.5. The van der Waals surface area contributed by atoms with Crippen LogP contribution in [0.25, 0.3) is 11.4 Å². The Morgan fingerprint density at radius 2 is 1.81 bits per heavy atom. The highest BCUT2D eigenvalue weighted by atomic mass is 32.2. The molecule has 0 aliphatic carbocycles. The number of para-hydroxylation sites is 2. The molecule has 1 aliphatic heterocycles. The molecule has 0 radical (unpaired) electrons. The van der Waals surface area contributed by atoms with Crippen molar-refractivity contribution in [3.8, 4) is 17.1 Å². The van der Waals surface area contributed by atoms with Crippen molar-refractivity contribution in [2.45, 2.75) is 18.1 Å². The Kier molecular flexibility index (Phi) is 5.64. The number of nitrogens with one attached hydrogen (secondary N) is 1. The van der Waals surface area contributed by atoms with Gasteiger partial charge in [-0.1, -0.05) is 84.1 Å². The van der Waals surface area contributed by atoms with Crippen molar-refractivity contribution < 1.29 is 9.53 Å². The predicted octanol–water partition coefficient (Wildman–Crippen LogP) is 5.04. The van der Waals surface area contributed by atoms with E-state index < -0.39 is 0 Å². The Balaban J connectivity index is 1.36. The van der Waals surface area contributed by atoms with Crippen LogP contribution in [-0.2, 0) is 4.79 Å². The number of amides is 1. The van der Waals surface area contributed by atoms with Crippen molar-refractivity contribution >= 4 is 23.4 Å². The van der Waals surface area contributed by atoms with Crippen molar-refractivity contribution in [1.29, 1.82) is 0 Å². The second kappa shape index (κ2) is 8.88. The number of benzene rings is 3. The SMILES string of the molecule is Cc1ccc(-c2nc(SCC(=O)N3c4ccccc4OC[C@@H]3c3ccccc3)n[nH]2)cc1. The maximum Gasteiger partial charge on any atom is 0.238 e. The summed E-state index contributed by atoms with van der Waals surface area (Å²) in [5.41, 5.74) is 3.98. The number of H-pyrrole nitrogens is 1. The molecule has 3 aromatic carbocycles. The molecule has 0 spiro atoms. The summed E-state index contributed by atoms with van der Waals surface area (Å²) < 4.78 is 5.96. The molecule has 160 valence electrons. The highest BCUT2D eigenvalue weighted by molar-refractivity contribution is 7.99. The van der Waals surface area contributed by atoms with Gasteiger partial charge in [0.25, 0.3) is 0 Å². The van der Waals surface area contributed by atoms with E-state index in [1.54, 1.807) is 0 Å². The zero-order valence-corrected chi connectivity index (χ0v) is 18.4. The van der Waals surface area contributed by atoms with Crippen LogP contribution in [0.5, 0.6) is 5.75 Å². The quantitative estimate of drug-likeness (QED) is 0.439. The van der Waals surface area contributed by atoms with E-state index in [-0.39, 0.29) is 17.7 Å². The first-order chi connectivity index (χ1) is 15.7. The van der Waals surface area contributed by atoms with Crippen LogP contribution >= 0.6 is 11.8 Å². The molecular formula is C25H22N4O2S. The minimum atomic E-state index is -0.186. The monoisotopic (exact) mass is 442 g/mol. The molecule has 6 nitrogen and oxygen atoms in total. The normalized spacial score (nSPS) is 15.2. The van der Waals surface area contributed by atoms with Crippen LogP contribution in [0.4, 0.5) is 5.69 Å². The number of carbonyl (C=O) groups is 1. The Bertz CT molecular complexity index is 1220. The zero-order chi connectivity index (χ0) is 21.9. The third-order valence-electron chi connectivity index (χ3n) is 5.40. The Labute approximate surface area is 190 Å². The molecule has 32 heavy (non-hydrogen) atoms. The van der Waals surface area contributed by atoms with Crippen LogP contribution in [0.15, 0.2) is 84.0 Å². The number of aromatic nitrogens is 3. The number of ether oxygens (including phenoxy) is 1. The van der Waals surface area contributed by atoms with Crippen molar-refractivity contribution in [1.82, 2.24) is 15.2 Å². The standard InChI is InChI=1S/C25H22N4O2S/c1-17-11-13-19(14-12-17)24-26-25(28-27-24)32-16-23(30)29-20-9-5-6-10-22(20)31-15-21(29)18-7-3-2-4-8-18/h2-14,21H,15-16H2,1H3,(H,26,27,28)/t21-/m1/s1. The lowest BCUT2D eigenvalue weighted by Gasteiger charge is -2.37. The molecule has 0 bridgehead atoms. The molecule has 0 saturated heterocycles. The van der Waals surface area contributed by atoms with Gasteiger partial charge in [-0.25, -0.2) is 4.98 Å². The van der Waals surface area contributed by atoms with Gasteiger partial charge in [-0.3, -0.25) is 14.8 Å². The lowest BCUT2D eigenvalue weighted by Crippen LogP contribution is -2.42. The smallest absolute Gasteiger partial charge is 0.238 e. The fraction of sp³-hybridized carbons (Fsp3) is 0.160. The first-order valence-corrected chi connectivity index (χ1v) is 11.4. The third kappa shape index (κ3) is 4.11. The average Bonchev–Trinajstić information content (AvgIpc) is 3.32. The van der Waals surface area contributed by atoms with Crippen LogP contribution in [-0.4, -0.2) is 33.4 Å². The Hall–Kier alpha value is -3.58. The Morgan fingerprint density at radius 1 is 1.06 bits per heavy atom. The molecule has 0 saturated carbocycles. The molecule has 1 aromatic heterocycles. The van der Waals surface area contributed by atoms with Crippen molar-refractivity contribution in [3.05, 3.63) is 90.0 Å². The lowest BCUT2D eigenvalue weighted by atomic mass is 10.0. The van der Waals surface area contributed by atoms with E-state index in [9.17, 15) is 4.79 Å². The van der Waals surface area contributed by atoms with Gasteiger partial charge in [0.2, 0.25) is 11.1 Å². The van der Waals surface area contributed by atoms with E-state index in [0.717, 1.165) is 22.6 Å². The number of aromatic amines is 1. The largest absolute Gasteiger partial charge is 0.489 e. The van der Waals surface area contributed by atoms with E-state index in [2.05, 4.69) is 15.2 Å². The van der Waals surface area contributed by atoms with Crippen molar-refractivity contribution in [2.75, 3.05) is 17.3 Å². The van der Waals surface area contributed by atoms with Crippen LogP contribution in [0.3, 0.4) is 0 Å². The van der Waals surface area contributed by atoms with Gasteiger partial charge in [-0.05, 0) is 24.6 Å². The number of thioether (sulfide) groups is 1. The number of anilines is 1. The fourth-order valence-electron chi connectivity index (χ4n) is 3.77. The Morgan fingerprint density at radius 3 is 2.62 bits per heavy atom. The number of rotatable bonds is 5. The molecule has 1 aliphatic rings. The van der Waals surface area contributed by atoms with Crippen molar-refractivity contribution in [2.24, 2.45) is 0 Å². The van der Waals surface area contributed by atoms with Gasteiger partial charge in [0.15, 0.2) is 5.82 Å². The molecule has 7 heteroatoms. The highest BCUT2D eigenvalue weighted by Crippen LogP contribution is 2.39. The van der Waals surface area contributed by atoms with Gasteiger partial charge in [0.05, 0.1) is 17.5 Å². The molecule has 1 amide bonds. The van der Waals surface area contributed by atoms with Crippen LogP contribution in [0.2, 0.25) is 0 Å². The summed E-state index contributed by atoms with van der Waals surface area (Å²) >= 11 is 1.33. The predicted molar refractivity (Wildman–Crippen MR) is 126 cm³/mol. The summed E-state index contributed by atoms with van der Waals surface area (Å²) in [5.74, 6) is 1.63. The van der Waals surface area contributed by atoms with Gasteiger partial charge in [0, 0.05) is 5.56 Å². The summed E-state index contributed by atoms with van der Waals surface area (Å²) in [6.07, 6.45) is 0. The number of hydrogen-bond acceptors (Lipinski definition) is 5. The van der Waals surface area contributed by atoms with E-state index in [0.29, 0.717) is 17.6 Å². The minimum Gasteiger partial charge on any atom is -0.489 e. The second-order valence-corrected chi connectivity index (χ2v) is 8.53. The minimum absolute atomic E-state index is 0.0127. The number of nitrogens with zero attached hydrogens (tertiary/aromatic N) is 3. The van der Waals surface area contributed by atoms with E-state index >= 15 is 0 Å². The van der Waals surface area contributed by atoms with Crippen molar-refractivity contribution in [3.63, 3.8) is 0 Å². The van der Waals surface area contributed by atoms with Gasteiger partial charge in [0.1, 0.15) is 12.4 Å². The third-order valence-corrected chi connectivity index (χ3v) is 6.23. The van der Waals surface area contributed by atoms with E-state index in [4.69, 9.17) is 4.74 Å². The number of aryl methyl sites for hydroxylation is 1. The molecule has 0 fully saturated rings. The maximum atomic E-state index is 13.4. The first kappa shape index (κ1) is 20.3. The molecule has 4 aromatic rings. The van der Waals surface area contributed by atoms with Gasteiger partial charge in [-0.2, -0.15) is 0 Å². The molecule has 1 N–H and O–H groups in total. The van der Waals surface area contributed by atoms with E-state index in [1.807, 2.05) is 90.7 Å². The second-order valence-electron chi connectivity index (χ2n) is 7.59. The number of carbonyl (C=O) groups excluding carboxylic acids is 1. The average molecular weight is 443 g/mol. The highest BCUT2D eigenvalue weighted by Gasteiger charge is 2.33. The van der Waals surface area contributed by atoms with Crippen LogP contribution < -0.4 is 9.64 Å². The van der Waals surface area contributed by atoms with Crippen LogP contribution in [0, 0.1) is 6.92 Å². The maximum absolute atomic E-state index is 13.4. The zero-order valence-electron chi connectivity index (χ0n) is 17.6. The summed E-state index contributed by atoms with van der Waals surface area (Å²) in [7, 11) is 0. The molecule has 1 atom stereocenters. The summed E-state index contributed by atoms with van der Waals surface area (Å²) in [5, 5.41) is 7.80. The summed E-state index contributed by atoms with van der Waals surface area (Å²) in [6.45, 7) is 2.46.